The Bertz CT molecular complexity index is 997. The molecule has 3 aromatic rings. The fourth-order valence-corrected chi connectivity index (χ4v) is 4.21. The number of anilines is 1. The molecule has 0 aromatic heterocycles. The highest BCUT2D eigenvalue weighted by Gasteiger charge is 2.30. The predicted octanol–water partition coefficient (Wildman–Crippen LogP) is 6.35. The SMILES string of the molecule is COc1cc([C@@H]2Nc3ccc(Cl)cc3[C@@H](c3ccccc3)O2)cc(Br)c1OC. The number of methoxy groups -OCH3 is 2. The van der Waals surface area contributed by atoms with E-state index in [1.54, 1.807) is 14.2 Å². The molecule has 0 aliphatic carbocycles. The van der Waals surface area contributed by atoms with Crippen LogP contribution >= 0.6 is 27.5 Å². The van der Waals surface area contributed by atoms with E-state index >= 15 is 0 Å². The number of hydrogen-bond donors (Lipinski definition) is 1. The van der Waals surface area contributed by atoms with Gasteiger partial charge in [0.2, 0.25) is 0 Å². The Morgan fingerprint density at radius 1 is 0.964 bits per heavy atom. The number of ether oxygens (including phenoxy) is 3. The maximum atomic E-state index is 6.48. The lowest BCUT2D eigenvalue weighted by atomic mass is 9.97. The zero-order valence-electron chi connectivity index (χ0n) is 15.4. The van der Waals surface area contributed by atoms with Crippen LogP contribution in [0.1, 0.15) is 29.0 Å². The van der Waals surface area contributed by atoms with Gasteiger partial charge in [-0.05, 0) is 51.8 Å². The third-order valence-corrected chi connectivity index (χ3v) is 5.54. The summed E-state index contributed by atoms with van der Waals surface area (Å²) in [6, 6.07) is 19.8. The summed E-state index contributed by atoms with van der Waals surface area (Å²) < 4.78 is 18.2. The minimum atomic E-state index is -0.366. The second-order valence-corrected chi connectivity index (χ2v) is 7.71. The highest BCUT2D eigenvalue weighted by atomic mass is 79.9. The first-order chi connectivity index (χ1) is 13.6. The third kappa shape index (κ3) is 3.58. The number of rotatable bonds is 4. The van der Waals surface area contributed by atoms with Crippen LogP contribution < -0.4 is 14.8 Å². The van der Waals surface area contributed by atoms with E-state index in [4.69, 9.17) is 25.8 Å². The largest absolute Gasteiger partial charge is 0.493 e. The molecule has 0 amide bonds. The molecule has 3 aromatic carbocycles. The van der Waals surface area contributed by atoms with Crippen molar-refractivity contribution in [3.05, 3.63) is 86.8 Å². The van der Waals surface area contributed by atoms with Crippen LogP contribution in [0.4, 0.5) is 5.69 Å². The molecule has 0 bridgehead atoms. The Labute approximate surface area is 177 Å². The summed E-state index contributed by atoms with van der Waals surface area (Å²) in [6.07, 6.45) is -0.608. The zero-order chi connectivity index (χ0) is 19.7. The molecule has 0 saturated carbocycles. The summed E-state index contributed by atoms with van der Waals surface area (Å²) in [5.74, 6) is 1.28. The topological polar surface area (TPSA) is 39.7 Å². The van der Waals surface area contributed by atoms with Crippen molar-refractivity contribution in [1.29, 1.82) is 0 Å². The number of hydrogen-bond acceptors (Lipinski definition) is 4. The van der Waals surface area contributed by atoms with Crippen molar-refractivity contribution in [1.82, 2.24) is 0 Å². The van der Waals surface area contributed by atoms with Crippen LogP contribution in [0.2, 0.25) is 5.02 Å². The van der Waals surface area contributed by atoms with Crippen molar-refractivity contribution in [3.63, 3.8) is 0 Å². The molecule has 144 valence electrons. The fraction of sp³-hybridized carbons (Fsp3) is 0.182. The molecular formula is C22H19BrClNO3. The van der Waals surface area contributed by atoms with Crippen LogP contribution in [0.15, 0.2) is 65.1 Å². The van der Waals surface area contributed by atoms with Gasteiger partial charge in [-0.2, -0.15) is 0 Å². The normalized spacial score (nSPS) is 18.1. The van der Waals surface area contributed by atoms with Crippen LogP contribution in [-0.4, -0.2) is 14.2 Å². The summed E-state index contributed by atoms with van der Waals surface area (Å²) in [7, 11) is 3.23. The van der Waals surface area contributed by atoms with Crippen molar-refractivity contribution in [2.75, 3.05) is 19.5 Å². The van der Waals surface area contributed by atoms with E-state index in [0.29, 0.717) is 16.5 Å². The lowest BCUT2D eigenvalue weighted by Crippen LogP contribution is -2.25. The molecule has 1 heterocycles. The number of fused-ring (bicyclic) bond motifs is 1. The second kappa shape index (κ2) is 8.03. The monoisotopic (exact) mass is 459 g/mol. The van der Waals surface area contributed by atoms with Crippen LogP contribution in [0.3, 0.4) is 0 Å². The molecule has 1 aliphatic rings. The van der Waals surface area contributed by atoms with Crippen molar-refractivity contribution >= 4 is 33.2 Å². The predicted molar refractivity (Wildman–Crippen MR) is 114 cm³/mol. The summed E-state index contributed by atoms with van der Waals surface area (Å²) in [6.45, 7) is 0. The fourth-order valence-electron chi connectivity index (χ4n) is 3.40. The number of benzene rings is 3. The first kappa shape index (κ1) is 19.1. The van der Waals surface area contributed by atoms with Gasteiger partial charge in [0.1, 0.15) is 6.10 Å². The molecule has 28 heavy (non-hydrogen) atoms. The van der Waals surface area contributed by atoms with E-state index in [9.17, 15) is 0 Å². The van der Waals surface area contributed by atoms with Gasteiger partial charge in [0.15, 0.2) is 17.7 Å². The molecule has 1 N–H and O–H groups in total. The summed E-state index contributed by atoms with van der Waals surface area (Å²) in [5.41, 5.74) is 3.98. The van der Waals surface area contributed by atoms with E-state index in [1.165, 1.54) is 0 Å². The van der Waals surface area contributed by atoms with Crippen LogP contribution in [0, 0.1) is 0 Å². The second-order valence-electron chi connectivity index (χ2n) is 6.42. The van der Waals surface area contributed by atoms with Gasteiger partial charge in [0.05, 0.1) is 18.7 Å². The highest BCUT2D eigenvalue weighted by molar-refractivity contribution is 9.10. The van der Waals surface area contributed by atoms with Gasteiger partial charge in [0, 0.05) is 21.8 Å². The average molecular weight is 461 g/mol. The summed E-state index contributed by atoms with van der Waals surface area (Å²) in [5, 5.41) is 4.14. The van der Waals surface area contributed by atoms with Crippen molar-refractivity contribution < 1.29 is 14.2 Å². The Morgan fingerprint density at radius 2 is 1.75 bits per heavy atom. The van der Waals surface area contributed by atoms with Gasteiger partial charge in [-0.25, -0.2) is 0 Å². The van der Waals surface area contributed by atoms with E-state index < -0.39 is 0 Å². The lowest BCUT2D eigenvalue weighted by Gasteiger charge is -2.34. The van der Waals surface area contributed by atoms with Crippen LogP contribution in [0.25, 0.3) is 0 Å². The maximum absolute atomic E-state index is 6.48. The molecule has 4 rings (SSSR count). The Balaban J connectivity index is 1.79. The van der Waals surface area contributed by atoms with Gasteiger partial charge in [-0.1, -0.05) is 41.9 Å². The molecule has 0 radical (unpaired) electrons. The minimum absolute atomic E-state index is 0.243. The maximum Gasteiger partial charge on any atom is 0.174 e. The van der Waals surface area contributed by atoms with Gasteiger partial charge >= 0.3 is 0 Å². The number of nitrogens with one attached hydrogen (secondary N) is 1. The molecule has 0 fully saturated rings. The molecule has 2 atom stereocenters. The summed E-state index contributed by atoms with van der Waals surface area (Å²) in [4.78, 5) is 0. The highest BCUT2D eigenvalue weighted by Crippen LogP contribution is 2.45. The van der Waals surface area contributed by atoms with Gasteiger partial charge in [0.25, 0.3) is 0 Å². The molecular weight excluding hydrogens is 442 g/mol. The molecule has 4 nitrogen and oxygen atoms in total. The van der Waals surface area contributed by atoms with E-state index in [0.717, 1.165) is 26.9 Å². The van der Waals surface area contributed by atoms with E-state index in [2.05, 4.69) is 33.4 Å². The van der Waals surface area contributed by atoms with Crippen LogP contribution in [0.5, 0.6) is 11.5 Å². The first-order valence-corrected chi connectivity index (χ1v) is 9.95. The summed E-state index contributed by atoms with van der Waals surface area (Å²) >= 11 is 9.82. The molecule has 6 heteroatoms. The lowest BCUT2D eigenvalue weighted by molar-refractivity contribution is 0.0156. The zero-order valence-corrected chi connectivity index (χ0v) is 17.8. The molecule has 1 aliphatic heterocycles. The molecule has 0 saturated heterocycles. The smallest absolute Gasteiger partial charge is 0.174 e. The van der Waals surface area contributed by atoms with Crippen molar-refractivity contribution in [2.45, 2.75) is 12.3 Å². The Kier molecular flexibility index (Phi) is 5.49. The van der Waals surface area contributed by atoms with Gasteiger partial charge in [-0.15, -0.1) is 0 Å². The van der Waals surface area contributed by atoms with Gasteiger partial charge in [-0.3, -0.25) is 0 Å². The quantitative estimate of drug-likeness (QED) is 0.492. The Morgan fingerprint density at radius 3 is 2.46 bits per heavy atom. The minimum Gasteiger partial charge on any atom is -0.493 e. The van der Waals surface area contributed by atoms with Gasteiger partial charge < -0.3 is 19.5 Å². The standard InChI is InChI=1S/C22H19BrClNO3/c1-26-19-11-14(10-17(23)21(19)27-2)22-25-18-9-8-15(24)12-16(18)20(28-22)13-6-4-3-5-7-13/h3-12,20,22,25H,1-2H3/t20-,22-/m1/s1. The average Bonchev–Trinajstić information content (AvgIpc) is 2.73. The third-order valence-electron chi connectivity index (χ3n) is 4.72. The van der Waals surface area contributed by atoms with Crippen molar-refractivity contribution in [2.24, 2.45) is 0 Å². The van der Waals surface area contributed by atoms with E-state index in [-0.39, 0.29) is 12.3 Å². The number of halogens is 2. The van der Waals surface area contributed by atoms with E-state index in [1.807, 2.05) is 48.5 Å². The Hall–Kier alpha value is -2.21. The first-order valence-electron chi connectivity index (χ1n) is 8.78. The molecule has 0 spiro atoms. The van der Waals surface area contributed by atoms with Crippen molar-refractivity contribution in [3.8, 4) is 11.5 Å². The molecule has 0 unspecified atom stereocenters. The van der Waals surface area contributed by atoms with Crippen LogP contribution in [-0.2, 0) is 4.74 Å².